The van der Waals surface area contributed by atoms with Crippen molar-refractivity contribution in [2.45, 2.75) is 33.3 Å². The Kier molecular flexibility index (Phi) is 4.62. The molecule has 2 heteroatoms. The van der Waals surface area contributed by atoms with Crippen molar-refractivity contribution >= 4 is 11.6 Å². The van der Waals surface area contributed by atoms with Gasteiger partial charge in [0.05, 0.1) is 6.10 Å². The highest BCUT2D eigenvalue weighted by Crippen LogP contribution is 2.25. The summed E-state index contributed by atoms with van der Waals surface area (Å²) in [6.45, 7) is 6.12. The Balaban J connectivity index is 2.79. The summed E-state index contributed by atoms with van der Waals surface area (Å²) < 4.78 is 0. The Bertz CT molecular complexity index is 299. The van der Waals surface area contributed by atoms with Crippen LogP contribution in [0.2, 0.25) is 5.02 Å². The lowest BCUT2D eigenvalue weighted by atomic mass is 9.85. The molecule has 0 heterocycles. The van der Waals surface area contributed by atoms with Gasteiger partial charge in [0, 0.05) is 5.02 Å². The summed E-state index contributed by atoms with van der Waals surface area (Å²) in [6.07, 6.45) is 0.552. The largest absolute Gasteiger partial charge is 0.393 e. The average molecular weight is 227 g/mol. The summed E-state index contributed by atoms with van der Waals surface area (Å²) in [5.74, 6) is 0.728. The van der Waals surface area contributed by atoms with E-state index in [9.17, 15) is 5.11 Å². The minimum Gasteiger partial charge on any atom is -0.393 e. The van der Waals surface area contributed by atoms with Crippen LogP contribution in [0.1, 0.15) is 26.3 Å². The molecule has 0 bridgehead atoms. The first-order valence-corrected chi connectivity index (χ1v) is 5.81. The fourth-order valence-corrected chi connectivity index (χ4v) is 2.09. The van der Waals surface area contributed by atoms with Gasteiger partial charge >= 0.3 is 0 Å². The molecule has 1 nitrogen and oxygen atoms in total. The molecule has 0 aliphatic carbocycles. The Hall–Kier alpha value is -0.530. The molecule has 0 saturated heterocycles. The first-order chi connectivity index (χ1) is 7.02. The molecule has 0 saturated carbocycles. The minimum absolute atomic E-state index is 0.268. The Morgan fingerprint density at radius 1 is 1.20 bits per heavy atom. The van der Waals surface area contributed by atoms with Gasteiger partial charge in [-0.3, -0.25) is 0 Å². The highest BCUT2D eigenvalue weighted by molar-refractivity contribution is 6.31. The summed E-state index contributed by atoms with van der Waals surface area (Å²) in [5, 5.41) is 10.5. The number of halogens is 1. The summed E-state index contributed by atoms with van der Waals surface area (Å²) in [5.41, 5.74) is 1.12. The number of aliphatic hydroxyl groups is 1. The molecule has 2 unspecified atom stereocenters. The Labute approximate surface area is 97.1 Å². The second kappa shape index (κ2) is 5.53. The predicted molar refractivity (Wildman–Crippen MR) is 65.2 cm³/mol. The van der Waals surface area contributed by atoms with Crippen LogP contribution < -0.4 is 0 Å². The van der Waals surface area contributed by atoms with Gasteiger partial charge in [-0.2, -0.15) is 0 Å². The monoisotopic (exact) mass is 226 g/mol. The summed E-state index contributed by atoms with van der Waals surface area (Å²) >= 11 is 6.10. The van der Waals surface area contributed by atoms with E-state index in [0.29, 0.717) is 5.92 Å². The van der Waals surface area contributed by atoms with Gasteiger partial charge in [0.1, 0.15) is 0 Å². The van der Waals surface area contributed by atoms with E-state index in [1.807, 2.05) is 31.2 Å². The highest BCUT2D eigenvalue weighted by Gasteiger charge is 2.20. The van der Waals surface area contributed by atoms with Crippen molar-refractivity contribution in [2.24, 2.45) is 11.8 Å². The van der Waals surface area contributed by atoms with Gasteiger partial charge < -0.3 is 5.11 Å². The lowest BCUT2D eigenvalue weighted by molar-refractivity contribution is 0.0977. The van der Waals surface area contributed by atoms with Gasteiger partial charge in [0.25, 0.3) is 0 Å². The fourth-order valence-electron chi connectivity index (χ4n) is 1.88. The molecule has 0 radical (unpaired) electrons. The maximum Gasteiger partial charge on any atom is 0.0545 e. The van der Waals surface area contributed by atoms with E-state index in [1.165, 1.54) is 0 Å². The molecule has 2 atom stereocenters. The quantitative estimate of drug-likeness (QED) is 0.833. The standard InChI is InChI=1S/C13H19ClO/c1-9(2)12(10(3)15)8-11-6-4-5-7-13(11)14/h4-7,9-10,12,15H,8H2,1-3H3. The van der Waals surface area contributed by atoms with E-state index in [4.69, 9.17) is 11.6 Å². The first kappa shape index (κ1) is 12.5. The van der Waals surface area contributed by atoms with Crippen LogP contribution in [0, 0.1) is 11.8 Å². The molecular formula is C13H19ClO. The molecule has 0 spiro atoms. The Morgan fingerprint density at radius 2 is 1.80 bits per heavy atom. The van der Waals surface area contributed by atoms with Crippen LogP contribution in [0.3, 0.4) is 0 Å². The molecule has 0 aromatic heterocycles. The van der Waals surface area contributed by atoms with Crippen molar-refractivity contribution in [3.05, 3.63) is 34.9 Å². The van der Waals surface area contributed by atoms with E-state index >= 15 is 0 Å². The van der Waals surface area contributed by atoms with Crippen molar-refractivity contribution in [2.75, 3.05) is 0 Å². The number of rotatable bonds is 4. The van der Waals surface area contributed by atoms with E-state index < -0.39 is 0 Å². The van der Waals surface area contributed by atoms with Crippen LogP contribution in [0.4, 0.5) is 0 Å². The summed E-state index contributed by atoms with van der Waals surface area (Å²) in [7, 11) is 0. The van der Waals surface area contributed by atoms with Crippen molar-refractivity contribution in [3.8, 4) is 0 Å². The second-order valence-corrected chi connectivity index (χ2v) is 4.85. The maximum atomic E-state index is 9.69. The molecule has 0 fully saturated rings. The average Bonchev–Trinajstić information content (AvgIpc) is 2.15. The SMILES string of the molecule is CC(C)C(Cc1ccccc1Cl)C(C)O. The summed E-state index contributed by atoms with van der Waals surface area (Å²) in [4.78, 5) is 0. The Morgan fingerprint density at radius 3 is 2.27 bits per heavy atom. The molecule has 1 aromatic rings. The zero-order valence-electron chi connectivity index (χ0n) is 9.57. The highest BCUT2D eigenvalue weighted by atomic mass is 35.5. The summed E-state index contributed by atoms with van der Waals surface area (Å²) in [6, 6.07) is 7.84. The molecule has 84 valence electrons. The van der Waals surface area contributed by atoms with Crippen LogP contribution in [-0.4, -0.2) is 11.2 Å². The first-order valence-electron chi connectivity index (χ1n) is 5.44. The van der Waals surface area contributed by atoms with Gasteiger partial charge in [-0.05, 0) is 36.8 Å². The topological polar surface area (TPSA) is 20.2 Å². The van der Waals surface area contributed by atoms with Crippen molar-refractivity contribution in [1.29, 1.82) is 0 Å². The number of aliphatic hydroxyl groups excluding tert-OH is 1. The molecule has 15 heavy (non-hydrogen) atoms. The van der Waals surface area contributed by atoms with Crippen molar-refractivity contribution in [3.63, 3.8) is 0 Å². The van der Waals surface area contributed by atoms with Crippen LogP contribution in [0.5, 0.6) is 0 Å². The fraction of sp³-hybridized carbons (Fsp3) is 0.538. The van der Waals surface area contributed by atoms with Crippen LogP contribution in [0.15, 0.2) is 24.3 Å². The molecule has 1 aromatic carbocycles. The molecule has 0 amide bonds. The van der Waals surface area contributed by atoms with Crippen molar-refractivity contribution < 1.29 is 5.11 Å². The van der Waals surface area contributed by atoms with Gasteiger partial charge in [-0.1, -0.05) is 43.6 Å². The van der Waals surface area contributed by atoms with Crippen LogP contribution >= 0.6 is 11.6 Å². The molecule has 1 N–H and O–H groups in total. The number of hydrogen-bond donors (Lipinski definition) is 1. The van der Waals surface area contributed by atoms with Gasteiger partial charge in [0.15, 0.2) is 0 Å². The molecule has 0 aliphatic rings. The predicted octanol–water partition coefficient (Wildman–Crippen LogP) is 3.54. The van der Waals surface area contributed by atoms with Crippen LogP contribution in [0.25, 0.3) is 0 Å². The number of hydrogen-bond acceptors (Lipinski definition) is 1. The van der Waals surface area contributed by atoms with Gasteiger partial charge in [0.2, 0.25) is 0 Å². The van der Waals surface area contributed by atoms with E-state index in [1.54, 1.807) is 0 Å². The van der Waals surface area contributed by atoms with Crippen LogP contribution in [-0.2, 0) is 6.42 Å². The molecule has 1 rings (SSSR count). The third-order valence-electron chi connectivity index (χ3n) is 2.89. The third-order valence-corrected chi connectivity index (χ3v) is 3.26. The molecule has 0 aliphatic heterocycles. The smallest absolute Gasteiger partial charge is 0.0545 e. The molecular weight excluding hydrogens is 208 g/mol. The zero-order chi connectivity index (χ0) is 11.4. The van der Waals surface area contributed by atoms with E-state index in [-0.39, 0.29) is 12.0 Å². The lowest BCUT2D eigenvalue weighted by Gasteiger charge is -2.24. The lowest BCUT2D eigenvalue weighted by Crippen LogP contribution is -2.24. The third kappa shape index (κ3) is 3.51. The van der Waals surface area contributed by atoms with E-state index in [2.05, 4.69) is 13.8 Å². The van der Waals surface area contributed by atoms with Gasteiger partial charge in [-0.15, -0.1) is 0 Å². The zero-order valence-corrected chi connectivity index (χ0v) is 10.3. The van der Waals surface area contributed by atoms with Crippen molar-refractivity contribution in [1.82, 2.24) is 0 Å². The van der Waals surface area contributed by atoms with Gasteiger partial charge in [-0.25, -0.2) is 0 Å². The maximum absolute atomic E-state index is 9.69. The second-order valence-electron chi connectivity index (χ2n) is 4.44. The number of benzene rings is 1. The minimum atomic E-state index is -0.290. The normalized spacial score (nSPS) is 15.3. The van der Waals surface area contributed by atoms with E-state index in [0.717, 1.165) is 17.0 Å².